The maximum absolute atomic E-state index is 13.6. The van der Waals surface area contributed by atoms with Crippen LogP contribution in [0.15, 0.2) is 53.4 Å². The van der Waals surface area contributed by atoms with Crippen LogP contribution in [0.4, 0.5) is 13.6 Å². The summed E-state index contributed by atoms with van der Waals surface area (Å²) in [5, 5.41) is 2.77. The van der Waals surface area contributed by atoms with Crippen LogP contribution in [-0.2, 0) is 6.54 Å². The fourth-order valence-corrected chi connectivity index (χ4v) is 2.75. The zero-order valence-electron chi connectivity index (χ0n) is 12.8. The number of carbonyl (C=O) groups is 1. The highest BCUT2D eigenvalue weighted by atomic mass is 32.2. The lowest BCUT2D eigenvalue weighted by Crippen LogP contribution is -2.38. The van der Waals surface area contributed by atoms with E-state index < -0.39 is 11.6 Å². The Morgan fingerprint density at radius 2 is 1.91 bits per heavy atom. The van der Waals surface area contributed by atoms with Crippen LogP contribution in [-0.4, -0.2) is 30.3 Å². The van der Waals surface area contributed by atoms with Crippen molar-refractivity contribution in [2.75, 3.05) is 19.3 Å². The Morgan fingerprint density at radius 1 is 1.17 bits per heavy atom. The Balaban J connectivity index is 1.74. The van der Waals surface area contributed by atoms with Crippen molar-refractivity contribution in [1.29, 1.82) is 0 Å². The number of thioether (sulfide) groups is 1. The quantitative estimate of drug-likeness (QED) is 0.641. The summed E-state index contributed by atoms with van der Waals surface area (Å²) in [4.78, 5) is 14.5. The number of amides is 2. The number of hydrogen-bond donors (Lipinski definition) is 1. The van der Waals surface area contributed by atoms with E-state index in [1.54, 1.807) is 18.8 Å². The number of carbonyl (C=O) groups excluding carboxylic acids is 1. The Morgan fingerprint density at radius 3 is 2.61 bits per heavy atom. The van der Waals surface area contributed by atoms with Gasteiger partial charge in [-0.1, -0.05) is 24.3 Å². The molecule has 0 unspecified atom stereocenters. The van der Waals surface area contributed by atoms with Crippen LogP contribution >= 0.6 is 11.8 Å². The molecule has 2 aromatic rings. The third kappa shape index (κ3) is 5.56. The van der Waals surface area contributed by atoms with Gasteiger partial charge in [0.25, 0.3) is 0 Å². The highest BCUT2D eigenvalue weighted by Crippen LogP contribution is 2.16. The predicted octanol–water partition coefficient (Wildman–Crippen LogP) is 3.90. The zero-order valence-corrected chi connectivity index (χ0v) is 13.6. The van der Waals surface area contributed by atoms with Gasteiger partial charge in [-0.05, 0) is 18.2 Å². The summed E-state index contributed by atoms with van der Waals surface area (Å²) in [5.41, 5.74) is 0.280. The van der Waals surface area contributed by atoms with E-state index in [0.717, 1.165) is 16.7 Å². The van der Waals surface area contributed by atoms with Gasteiger partial charge in [0.05, 0.1) is 0 Å². The molecule has 0 aliphatic carbocycles. The Hall–Kier alpha value is -2.08. The van der Waals surface area contributed by atoms with E-state index in [4.69, 9.17) is 0 Å². The third-order valence-corrected chi connectivity index (χ3v) is 4.17. The van der Waals surface area contributed by atoms with Crippen molar-refractivity contribution in [2.45, 2.75) is 11.4 Å². The summed E-state index contributed by atoms with van der Waals surface area (Å²) in [6, 6.07) is 13.0. The summed E-state index contributed by atoms with van der Waals surface area (Å²) >= 11 is 1.65. The Bertz CT molecular complexity index is 652. The second-order valence-electron chi connectivity index (χ2n) is 4.99. The van der Waals surface area contributed by atoms with Gasteiger partial charge >= 0.3 is 6.03 Å². The Kier molecular flexibility index (Phi) is 6.40. The molecule has 0 atom stereocenters. The van der Waals surface area contributed by atoms with Gasteiger partial charge in [0.15, 0.2) is 0 Å². The van der Waals surface area contributed by atoms with E-state index in [1.165, 1.54) is 17.0 Å². The van der Waals surface area contributed by atoms with E-state index in [1.807, 2.05) is 30.3 Å². The number of benzene rings is 2. The monoisotopic (exact) mass is 336 g/mol. The first-order valence-electron chi connectivity index (χ1n) is 7.17. The molecule has 0 bridgehead atoms. The molecule has 2 amide bonds. The summed E-state index contributed by atoms with van der Waals surface area (Å²) < 4.78 is 26.4. The molecule has 0 aliphatic rings. The van der Waals surface area contributed by atoms with Gasteiger partial charge in [0.2, 0.25) is 0 Å². The van der Waals surface area contributed by atoms with Crippen molar-refractivity contribution in [1.82, 2.24) is 10.2 Å². The van der Waals surface area contributed by atoms with Gasteiger partial charge in [-0.25, -0.2) is 13.6 Å². The van der Waals surface area contributed by atoms with Crippen molar-refractivity contribution in [2.24, 2.45) is 0 Å². The molecule has 0 aromatic heterocycles. The van der Waals surface area contributed by atoms with E-state index in [-0.39, 0.29) is 18.1 Å². The zero-order chi connectivity index (χ0) is 16.7. The molecule has 0 aliphatic heterocycles. The van der Waals surface area contributed by atoms with Crippen LogP contribution < -0.4 is 5.32 Å². The van der Waals surface area contributed by atoms with Crippen molar-refractivity contribution >= 4 is 17.8 Å². The molecule has 122 valence electrons. The second-order valence-corrected chi connectivity index (χ2v) is 6.15. The number of hydrogen-bond acceptors (Lipinski definition) is 2. The highest BCUT2D eigenvalue weighted by molar-refractivity contribution is 7.99. The molecule has 0 saturated heterocycles. The maximum atomic E-state index is 13.6. The fourth-order valence-electron chi connectivity index (χ4n) is 1.96. The first kappa shape index (κ1) is 17.3. The van der Waals surface area contributed by atoms with Crippen LogP contribution in [0.3, 0.4) is 0 Å². The highest BCUT2D eigenvalue weighted by Gasteiger charge is 2.11. The minimum absolute atomic E-state index is 0.0871. The van der Waals surface area contributed by atoms with Crippen LogP contribution in [0, 0.1) is 11.6 Å². The first-order chi connectivity index (χ1) is 11.1. The third-order valence-electron chi connectivity index (χ3n) is 3.16. The summed E-state index contributed by atoms with van der Waals surface area (Å²) in [5.74, 6) is -0.533. The van der Waals surface area contributed by atoms with Gasteiger partial charge in [-0.3, -0.25) is 0 Å². The molecule has 0 radical (unpaired) electrons. The fraction of sp³-hybridized carbons (Fsp3) is 0.235. The SMILES string of the molecule is CN(Cc1ccc(F)cc1F)C(=O)NCCSc1ccccc1. The number of nitrogens with zero attached hydrogens (tertiary/aromatic N) is 1. The molecule has 3 nitrogen and oxygen atoms in total. The molecule has 0 heterocycles. The number of rotatable bonds is 6. The largest absolute Gasteiger partial charge is 0.337 e. The number of halogens is 2. The second kappa shape index (κ2) is 8.53. The lowest BCUT2D eigenvalue weighted by Gasteiger charge is -2.18. The van der Waals surface area contributed by atoms with Gasteiger partial charge in [0, 0.05) is 42.4 Å². The molecular formula is C17H18F2N2OS. The minimum atomic E-state index is -0.649. The smallest absolute Gasteiger partial charge is 0.317 e. The first-order valence-corrected chi connectivity index (χ1v) is 8.15. The molecule has 1 N–H and O–H groups in total. The summed E-state index contributed by atoms with van der Waals surface area (Å²) in [6.07, 6.45) is 0. The molecule has 6 heteroatoms. The molecule has 0 saturated carbocycles. The van der Waals surface area contributed by atoms with Crippen molar-refractivity contribution in [3.8, 4) is 0 Å². The average Bonchev–Trinajstić information content (AvgIpc) is 2.55. The maximum Gasteiger partial charge on any atom is 0.317 e. The normalized spacial score (nSPS) is 10.4. The molecule has 2 rings (SSSR count). The lowest BCUT2D eigenvalue weighted by atomic mass is 10.2. The minimum Gasteiger partial charge on any atom is -0.337 e. The summed E-state index contributed by atoms with van der Waals surface area (Å²) in [6.45, 7) is 0.596. The number of urea groups is 1. The van der Waals surface area contributed by atoms with E-state index in [0.29, 0.717) is 6.54 Å². The van der Waals surface area contributed by atoms with Gasteiger partial charge in [-0.2, -0.15) is 0 Å². The molecule has 0 spiro atoms. The van der Waals surface area contributed by atoms with E-state index in [9.17, 15) is 13.6 Å². The topological polar surface area (TPSA) is 32.3 Å². The van der Waals surface area contributed by atoms with Gasteiger partial charge < -0.3 is 10.2 Å². The van der Waals surface area contributed by atoms with Crippen molar-refractivity contribution in [3.05, 3.63) is 65.7 Å². The molecule has 0 fully saturated rings. The van der Waals surface area contributed by atoms with Crippen LogP contribution in [0.5, 0.6) is 0 Å². The van der Waals surface area contributed by atoms with Crippen LogP contribution in [0.25, 0.3) is 0 Å². The molecular weight excluding hydrogens is 318 g/mol. The van der Waals surface area contributed by atoms with Gasteiger partial charge in [0.1, 0.15) is 11.6 Å². The van der Waals surface area contributed by atoms with Gasteiger partial charge in [-0.15, -0.1) is 11.8 Å². The summed E-state index contributed by atoms with van der Waals surface area (Å²) in [7, 11) is 1.57. The van der Waals surface area contributed by atoms with Crippen LogP contribution in [0.2, 0.25) is 0 Å². The predicted molar refractivity (Wildman–Crippen MR) is 88.4 cm³/mol. The standard InChI is InChI=1S/C17H18F2N2OS/c1-21(12-13-7-8-14(18)11-16(13)19)17(22)20-9-10-23-15-5-3-2-4-6-15/h2-8,11H,9-10,12H2,1H3,(H,20,22). The van der Waals surface area contributed by atoms with Crippen LogP contribution in [0.1, 0.15) is 5.56 Å². The van der Waals surface area contributed by atoms with E-state index >= 15 is 0 Å². The molecule has 2 aromatic carbocycles. The Labute approximate surface area is 138 Å². The lowest BCUT2D eigenvalue weighted by molar-refractivity contribution is 0.207. The van der Waals surface area contributed by atoms with E-state index in [2.05, 4.69) is 5.32 Å². The van der Waals surface area contributed by atoms with Crippen molar-refractivity contribution in [3.63, 3.8) is 0 Å². The molecule has 23 heavy (non-hydrogen) atoms. The number of nitrogens with one attached hydrogen (secondary N) is 1. The average molecular weight is 336 g/mol. The van der Waals surface area contributed by atoms with Crippen molar-refractivity contribution < 1.29 is 13.6 Å².